The second-order valence-corrected chi connectivity index (χ2v) is 5.13. The summed E-state index contributed by atoms with van der Waals surface area (Å²) in [5.74, 6) is -1.81. The molecule has 0 aromatic heterocycles. The van der Waals surface area contributed by atoms with E-state index in [1.807, 2.05) is 38.1 Å². The Balaban J connectivity index is 2.45. The van der Waals surface area contributed by atoms with Gasteiger partial charge in [-0.1, -0.05) is 36.8 Å². The van der Waals surface area contributed by atoms with E-state index in [4.69, 9.17) is 4.74 Å². The van der Waals surface area contributed by atoms with Gasteiger partial charge in [0, 0.05) is 12.2 Å². The molecule has 0 saturated carbocycles. The molecule has 0 aliphatic heterocycles. The van der Waals surface area contributed by atoms with Crippen molar-refractivity contribution in [3.05, 3.63) is 47.5 Å². The van der Waals surface area contributed by atoms with Crippen LogP contribution in [0.5, 0.6) is 0 Å². The van der Waals surface area contributed by atoms with Gasteiger partial charge in [0.15, 0.2) is 6.61 Å². The normalized spacial score (nSPS) is 11.8. The van der Waals surface area contributed by atoms with Gasteiger partial charge in [-0.2, -0.15) is 0 Å². The van der Waals surface area contributed by atoms with Crippen molar-refractivity contribution in [2.45, 2.75) is 33.2 Å². The first-order valence-electron chi connectivity index (χ1n) is 7.83. The molecule has 1 rings (SSSR count). The van der Waals surface area contributed by atoms with Gasteiger partial charge in [-0.15, -0.1) is 0 Å². The summed E-state index contributed by atoms with van der Waals surface area (Å²) in [6.45, 7) is 5.42. The lowest BCUT2D eigenvalue weighted by Crippen LogP contribution is -2.32. The number of benzene rings is 1. The van der Waals surface area contributed by atoms with E-state index in [2.05, 4.69) is 10.1 Å². The maximum Gasteiger partial charge on any atom is 0.331 e. The molecule has 1 atom stereocenters. The summed E-state index contributed by atoms with van der Waals surface area (Å²) in [5, 5.41) is 2.81. The SMILES string of the molecule is CCOC(=O)/C=C/C(=O)OCC(=O)N[C@@H](CC)c1ccc(C)cc1. The molecule has 0 heterocycles. The van der Waals surface area contributed by atoms with E-state index in [0.29, 0.717) is 6.42 Å². The van der Waals surface area contributed by atoms with Crippen molar-refractivity contribution in [3.8, 4) is 0 Å². The molecule has 0 fully saturated rings. The highest BCUT2D eigenvalue weighted by atomic mass is 16.5. The van der Waals surface area contributed by atoms with Crippen molar-refractivity contribution in [3.63, 3.8) is 0 Å². The van der Waals surface area contributed by atoms with Gasteiger partial charge in [0.25, 0.3) is 5.91 Å². The number of carbonyl (C=O) groups is 3. The molecule has 0 radical (unpaired) electrons. The Morgan fingerprint density at radius 3 is 2.17 bits per heavy atom. The number of ether oxygens (including phenoxy) is 2. The molecule has 1 N–H and O–H groups in total. The summed E-state index contributed by atoms with van der Waals surface area (Å²) in [6, 6.07) is 7.72. The number of esters is 2. The standard InChI is InChI=1S/C18H23NO5/c1-4-15(14-8-6-13(3)7-9-14)19-16(20)12-24-18(22)11-10-17(21)23-5-2/h6-11,15H,4-5,12H2,1-3H3,(H,19,20)/b11-10+/t15-/m0/s1. The molecule has 0 bridgehead atoms. The fraction of sp³-hybridized carbons (Fsp3) is 0.389. The van der Waals surface area contributed by atoms with Gasteiger partial charge in [-0.05, 0) is 25.8 Å². The first kappa shape index (κ1) is 19.4. The van der Waals surface area contributed by atoms with Gasteiger partial charge in [0.2, 0.25) is 0 Å². The molecule has 6 nitrogen and oxygen atoms in total. The lowest BCUT2D eigenvalue weighted by Gasteiger charge is -2.17. The monoisotopic (exact) mass is 333 g/mol. The van der Waals surface area contributed by atoms with Crippen molar-refractivity contribution < 1.29 is 23.9 Å². The minimum absolute atomic E-state index is 0.146. The summed E-state index contributed by atoms with van der Waals surface area (Å²) in [4.78, 5) is 34.4. The van der Waals surface area contributed by atoms with Crippen LogP contribution in [0.15, 0.2) is 36.4 Å². The van der Waals surface area contributed by atoms with Gasteiger partial charge >= 0.3 is 11.9 Å². The van der Waals surface area contributed by atoms with Crippen LogP contribution in [-0.2, 0) is 23.9 Å². The van der Waals surface area contributed by atoms with Crippen LogP contribution < -0.4 is 5.32 Å². The molecular formula is C18H23NO5. The first-order valence-corrected chi connectivity index (χ1v) is 7.83. The highest BCUT2D eigenvalue weighted by Crippen LogP contribution is 2.16. The molecule has 1 amide bonds. The zero-order chi connectivity index (χ0) is 17.9. The van der Waals surface area contributed by atoms with Crippen LogP contribution in [0.2, 0.25) is 0 Å². The van der Waals surface area contributed by atoms with E-state index < -0.39 is 24.5 Å². The van der Waals surface area contributed by atoms with Gasteiger partial charge in [-0.3, -0.25) is 4.79 Å². The van der Waals surface area contributed by atoms with Gasteiger partial charge in [0.1, 0.15) is 0 Å². The van der Waals surface area contributed by atoms with Crippen LogP contribution in [0.3, 0.4) is 0 Å². The largest absolute Gasteiger partial charge is 0.463 e. The van der Waals surface area contributed by atoms with Gasteiger partial charge < -0.3 is 14.8 Å². The Morgan fingerprint density at radius 2 is 1.62 bits per heavy atom. The van der Waals surface area contributed by atoms with E-state index in [-0.39, 0.29) is 12.6 Å². The van der Waals surface area contributed by atoms with Crippen molar-refractivity contribution in [1.29, 1.82) is 0 Å². The average Bonchev–Trinajstić information content (AvgIpc) is 2.57. The smallest absolute Gasteiger partial charge is 0.331 e. The zero-order valence-electron chi connectivity index (χ0n) is 14.2. The molecule has 1 aromatic carbocycles. The van der Waals surface area contributed by atoms with E-state index in [1.165, 1.54) is 0 Å². The molecule has 0 saturated heterocycles. The number of rotatable bonds is 8. The number of nitrogens with one attached hydrogen (secondary N) is 1. The fourth-order valence-electron chi connectivity index (χ4n) is 1.97. The van der Waals surface area contributed by atoms with Crippen LogP contribution in [-0.4, -0.2) is 31.1 Å². The van der Waals surface area contributed by atoms with Gasteiger partial charge in [0.05, 0.1) is 12.6 Å². The molecule has 6 heteroatoms. The topological polar surface area (TPSA) is 81.7 Å². The Hall–Kier alpha value is -2.63. The van der Waals surface area contributed by atoms with Crippen LogP contribution in [0.25, 0.3) is 0 Å². The number of amides is 1. The van der Waals surface area contributed by atoms with Crippen LogP contribution in [0, 0.1) is 6.92 Å². The average molecular weight is 333 g/mol. The Morgan fingerprint density at radius 1 is 1.04 bits per heavy atom. The van der Waals surface area contributed by atoms with Crippen LogP contribution in [0.1, 0.15) is 37.4 Å². The number of hydrogen-bond acceptors (Lipinski definition) is 5. The van der Waals surface area contributed by atoms with Crippen molar-refractivity contribution in [2.75, 3.05) is 13.2 Å². The molecule has 1 aromatic rings. The fourth-order valence-corrected chi connectivity index (χ4v) is 1.97. The lowest BCUT2D eigenvalue weighted by atomic mass is 10.0. The zero-order valence-corrected chi connectivity index (χ0v) is 14.2. The molecule has 0 spiro atoms. The highest BCUT2D eigenvalue weighted by Gasteiger charge is 2.13. The molecular weight excluding hydrogens is 310 g/mol. The van der Waals surface area contributed by atoms with E-state index in [9.17, 15) is 14.4 Å². The highest BCUT2D eigenvalue weighted by molar-refractivity contribution is 5.92. The van der Waals surface area contributed by atoms with Crippen molar-refractivity contribution >= 4 is 17.8 Å². The summed E-state index contributed by atoms with van der Waals surface area (Å²) < 4.78 is 9.42. The summed E-state index contributed by atoms with van der Waals surface area (Å²) in [5.41, 5.74) is 2.13. The van der Waals surface area contributed by atoms with Gasteiger partial charge in [-0.25, -0.2) is 9.59 Å². The molecule has 130 valence electrons. The maximum atomic E-state index is 11.9. The second-order valence-electron chi connectivity index (χ2n) is 5.13. The van der Waals surface area contributed by atoms with Crippen LogP contribution >= 0.6 is 0 Å². The minimum atomic E-state index is -0.776. The predicted molar refractivity (Wildman–Crippen MR) is 89.1 cm³/mol. The van der Waals surface area contributed by atoms with E-state index in [0.717, 1.165) is 23.3 Å². The summed E-state index contributed by atoms with van der Waals surface area (Å²) in [6.07, 6.45) is 2.61. The Kier molecular flexibility index (Phi) is 8.25. The third kappa shape index (κ3) is 7.09. The Bertz CT molecular complexity index is 592. The quantitative estimate of drug-likeness (QED) is 0.583. The third-order valence-corrected chi connectivity index (χ3v) is 3.21. The summed E-state index contributed by atoms with van der Waals surface area (Å²) >= 11 is 0. The second kappa shape index (κ2) is 10.2. The summed E-state index contributed by atoms with van der Waals surface area (Å²) in [7, 11) is 0. The molecule has 0 aliphatic rings. The minimum Gasteiger partial charge on any atom is -0.463 e. The number of aryl methyl sites for hydroxylation is 1. The number of hydrogen-bond donors (Lipinski definition) is 1. The number of carbonyl (C=O) groups excluding carboxylic acids is 3. The predicted octanol–water partition coefficient (Wildman–Crippen LogP) is 2.22. The lowest BCUT2D eigenvalue weighted by molar-refractivity contribution is -0.144. The maximum absolute atomic E-state index is 11.9. The third-order valence-electron chi connectivity index (χ3n) is 3.21. The van der Waals surface area contributed by atoms with E-state index >= 15 is 0 Å². The molecule has 24 heavy (non-hydrogen) atoms. The Labute approximate surface area is 141 Å². The first-order chi connectivity index (χ1) is 11.5. The van der Waals surface area contributed by atoms with Crippen LogP contribution in [0.4, 0.5) is 0 Å². The van der Waals surface area contributed by atoms with E-state index in [1.54, 1.807) is 6.92 Å². The molecule has 0 unspecified atom stereocenters. The molecule has 0 aliphatic carbocycles. The van der Waals surface area contributed by atoms with Crippen molar-refractivity contribution in [1.82, 2.24) is 5.32 Å². The van der Waals surface area contributed by atoms with Crippen molar-refractivity contribution in [2.24, 2.45) is 0 Å².